The maximum Gasteiger partial charge on any atom is 0.339 e. The summed E-state index contributed by atoms with van der Waals surface area (Å²) in [4.78, 5) is 25.3. The monoisotopic (exact) mass is 603 g/mol. The van der Waals surface area contributed by atoms with Gasteiger partial charge in [0.05, 0.1) is 17.7 Å². The lowest BCUT2D eigenvalue weighted by Crippen LogP contribution is -2.65. The lowest BCUT2D eigenvalue weighted by molar-refractivity contribution is -0.211. The van der Waals surface area contributed by atoms with Gasteiger partial charge in [-0.3, -0.25) is 4.79 Å². The average Bonchev–Trinajstić information content (AvgIpc) is 3.34. The minimum Gasteiger partial charge on any atom is -0.461 e. The standard InChI is InChI=1S/C26H38BrNO8S/c1-3-6-15-9-10-16(13-15)24(33)28-19(14(2)29)23-21(31)20(30)22(32)26(36-23)37-12-11-35-25(34)17-7-4-5-8-18(17)27/h4-5,7-8,14-16,19-23,26,29-32H,3,6,9-13H2,1-2H3,(H,28,33)/t14-,15+,16+,19-,20+,21-,22-,23-,26-/m1/s1. The van der Waals surface area contributed by atoms with Crippen LogP contribution in [-0.4, -0.2) is 86.7 Å². The summed E-state index contributed by atoms with van der Waals surface area (Å²) in [5.74, 6) is -0.115. The van der Waals surface area contributed by atoms with Gasteiger partial charge in [-0.15, -0.1) is 11.8 Å². The first kappa shape index (κ1) is 30.3. The first-order valence-electron chi connectivity index (χ1n) is 12.8. The molecule has 1 aliphatic carbocycles. The fourth-order valence-corrected chi connectivity index (χ4v) is 6.48. The number of amides is 1. The Bertz CT molecular complexity index is 905. The van der Waals surface area contributed by atoms with Gasteiger partial charge in [0.2, 0.25) is 5.91 Å². The van der Waals surface area contributed by atoms with E-state index in [-0.39, 0.29) is 24.2 Å². The fraction of sp³-hybridized carbons (Fsp3) is 0.692. The second-order valence-corrected chi connectivity index (χ2v) is 11.9. The van der Waals surface area contributed by atoms with Crippen LogP contribution in [0, 0.1) is 11.8 Å². The smallest absolute Gasteiger partial charge is 0.339 e. The highest BCUT2D eigenvalue weighted by Crippen LogP contribution is 2.35. The third-order valence-corrected chi connectivity index (χ3v) is 8.90. The van der Waals surface area contributed by atoms with Crippen molar-refractivity contribution in [3.05, 3.63) is 34.3 Å². The summed E-state index contributed by atoms with van der Waals surface area (Å²) in [6.07, 6.45) is -1.99. The van der Waals surface area contributed by atoms with Crippen molar-refractivity contribution in [2.24, 2.45) is 11.8 Å². The van der Waals surface area contributed by atoms with Gasteiger partial charge >= 0.3 is 5.97 Å². The van der Waals surface area contributed by atoms with Crippen molar-refractivity contribution in [2.75, 3.05) is 12.4 Å². The first-order chi connectivity index (χ1) is 17.6. The van der Waals surface area contributed by atoms with Crippen LogP contribution in [0.3, 0.4) is 0 Å². The van der Waals surface area contributed by atoms with E-state index in [1.807, 2.05) is 0 Å². The maximum absolute atomic E-state index is 13.0. The Hall–Kier alpha value is -1.21. The molecule has 1 aromatic carbocycles. The lowest BCUT2D eigenvalue weighted by Gasteiger charge is -2.44. The SMILES string of the molecule is CCC[C@H]1CC[C@H](C(=O)N[C@@H]([C@H]2O[C@H](SCCOC(=O)c3ccccc3Br)[C@H](O)[C@@H](O)[C@H]2O)[C@@H](C)O)C1. The van der Waals surface area contributed by atoms with Gasteiger partial charge in [0, 0.05) is 16.1 Å². The highest BCUT2D eigenvalue weighted by molar-refractivity contribution is 9.10. The minimum absolute atomic E-state index is 0.0257. The molecule has 1 saturated carbocycles. The zero-order valence-corrected chi connectivity index (χ0v) is 23.6. The molecule has 11 heteroatoms. The molecule has 1 heterocycles. The summed E-state index contributed by atoms with van der Waals surface area (Å²) in [6.45, 7) is 3.63. The average molecular weight is 605 g/mol. The summed E-state index contributed by atoms with van der Waals surface area (Å²) >= 11 is 4.42. The Labute approximate surface area is 230 Å². The molecule has 37 heavy (non-hydrogen) atoms. The molecule has 5 N–H and O–H groups in total. The maximum atomic E-state index is 13.0. The van der Waals surface area contributed by atoms with Gasteiger partial charge in [0.1, 0.15) is 36.5 Å². The molecular formula is C26H38BrNO8S. The molecule has 1 aliphatic heterocycles. The third-order valence-electron chi connectivity index (χ3n) is 7.09. The Balaban J connectivity index is 1.57. The predicted molar refractivity (Wildman–Crippen MR) is 143 cm³/mol. The number of carbonyl (C=O) groups excluding carboxylic acids is 2. The van der Waals surface area contributed by atoms with E-state index in [4.69, 9.17) is 9.47 Å². The fourth-order valence-electron chi connectivity index (χ4n) is 5.05. The van der Waals surface area contributed by atoms with Crippen molar-refractivity contribution < 1.29 is 39.5 Å². The normalized spacial score (nSPS) is 31.5. The summed E-state index contributed by atoms with van der Waals surface area (Å²) < 4.78 is 11.8. The summed E-state index contributed by atoms with van der Waals surface area (Å²) in [6, 6.07) is 5.90. The molecule has 1 saturated heterocycles. The number of benzene rings is 1. The molecule has 9 atom stereocenters. The Kier molecular flexibility index (Phi) is 11.7. The number of esters is 1. The van der Waals surface area contributed by atoms with Gasteiger partial charge in [0.25, 0.3) is 0 Å². The van der Waals surface area contributed by atoms with Gasteiger partial charge in [0.15, 0.2) is 0 Å². The quantitative estimate of drug-likeness (QED) is 0.190. The van der Waals surface area contributed by atoms with Crippen LogP contribution in [0.25, 0.3) is 0 Å². The van der Waals surface area contributed by atoms with Crippen molar-refractivity contribution in [2.45, 2.75) is 87.9 Å². The van der Waals surface area contributed by atoms with Crippen molar-refractivity contribution in [3.63, 3.8) is 0 Å². The zero-order chi connectivity index (χ0) is 27.1. The third kappa shape index (κ3) is 7.90. The van der Waals surface area contributed by atoms with E-state index in [1.165, 1.54) is 6.92 Å². The number of aliphatic hydroxyl groups excluding tert-OH is 4. The zero-order valence-electron chi connectivity index (χ0n) is 21.2. The number of nitrogens with one attached hydrogen (secondary N) is 1. The molecule has 1 aromatic rings. The number of thioether (sulfide) groups is 1. The lowest BCUT2D eigenvalue weighted by atomic mass is 9.91. The number of hydrogen-bond donors (Lipinski definition) is 5. The molecule has 0 radical (unpaired) electrons. The van der Waals surface area contributed by atoms with E-state index in [0.29, 0.717) is 16.0 Å². The van der Waals surface area contributed by atoms with Gasteiger partial charge in [-0.05, 0) is 60.2 Å². The second-order valence-electron chi connectivity index (χ2n) is 9.87. The van der Waals surface area contributed by atoms with Gasteiger partial charge in [-0.2, -0.15) is 0 Å². The van der Waals surface area contributed by atoms with E-state index in [2.05, 4.69) is 28.2 Å². The number of ether oxygens (including phenoxy) is 2. The minimum atomic E-state index is -1.54. The van der Waals surface area contributed by atoms with Gasteiger partial charge in [-0.1, -0.05) is 31.9 Å². The topological polar surface area (TPSA) is 146 Å². The number of aliphatic hydroxyl groups is 4. The van der Waals surface area contributed by atoms with E-state index in [0.717, 1.165) is 43.9 Å². The highest BCUT2D eigenvalue weighted by Gasteiger charge is 2.48. The Morgan fingerprint density at radius 3 is 2.59 bits per heavy atom. The largest absolute Gasteiger partial charge is 0.461 e. The summed E-state index contributed by atoms with van der Waals surface area (Å²) in [7, 11) is 0. The van der Waals surface area contributed by atoms with Crippen molar-refractivity contribution in [1.29, 1.82) is 0 Å². The van der Waals surface area contributed by atoms with Crippen LogP contribution in [-0.2, 0) is 14.3 Å². The summed E-state index contributed by atoms with van der Waals surface area (Å²) in [5.41, 5.74) is -0.581. The molecule has 208 valence electrons. The molecule has 9 nitrogen and oxygen atoms in total. The Morgan fingerprint density at radius 2 is 1.92 bits per heavy atom. The molecule has 0 spiro atoms. The second kappa shape index (κ2) is 14.3. The van der Waals surface area contributed by atoms with Crippen LogP contribution in [0.5, 0.6) is 0 Å². The molecule has 1 amide bonds. The van der Waals surface area contributed by atoms with Gasteiger partial charge < -0.3 is 35.2 Å². The molecule has 0 aromatic heterocycles. The number of hydrogen-bond acceptors (Lipinski definition) is 9. The van der Waals surface area contributed by atoms with Gasteiger partial charge in [-0.25, -0.2) is 4.79 Å². The van der Waals surface area contributed by atoms with E-state index in [1.54, 1.807) is 24.3 Å². The van der Waals surface area contributed by atoms with Crippen molar-refractivity contribution >= 4 is 39.6 Å². The van der Waals surface area contributed by atoms with Crippen LogP contribution in [0.2, 0.25) is 0 Å². The number of rotatable bonds is 11. The molecule has 3 rings (SSSR count). The van der Waals surface area contributed by atoms with E-state index >= 15 is 0 Å². The van der Waals surface area contributed by atoms with Crippen LogP contribution < -0.4 is 5.32 Å². The Morgan fingerprint density at radius 1 is 1.19 bits per heavy atom. The van der Waals surface area contributed by atoms with Crippen molar-refractivity contribution in [3.8, 4) is 0 Å². The summed E-state index contributed by atoms with van der Waals surface area (Å²) in [5, 5.41) is 44.9. The van der Waals surface area contributed by atoms with Crippen LogP contribution in [0.4, 0.5) is 0 Å². The number of halogens is 1. The van der Waals surface area contributed by atoms with Crippen LogP contribution >= 0.6 is 27.7 Å². The van der Waals surface area contributed by atoms with Crippen molar-refractivity contribution in [1.82, 2.24) is 5.32 Å². The number of carbonyl (C=O) groups is 2. The molecule has 0 unspecified atom stereocenters. The molecular weight excluding hydrogens is 566 g/mol. The van der Waals surface area contributed by atoms with Crippen LogP contribution in [0.15, 0.2) is 28.7 Å². The van der Waals surface area contributed by atoms with Crippen LogP contribution in [0.1, 0.15) is 56.3 Å². The molecule has 0 bridgehead atoms. The first-order valence-corrected chi connectivity index (χ1v) is 14.7. The molecule has 2 aliphatic rings. The predicted octanol–water partition coefficient (Wildman–Crippen LogP) is 2.23. The highest BCUT2D eigenvalue weighted by atomic mass is 79.9. The van der Waals surface area contributed by atoms with E-state index in [9.17, 15) is 30.0 Å². The molecule has 2 fully saturated rings. The van der Waals surface area contributed by atoms with E-state index < -0.39 is 48.0 Å².